The van der Waals surface area contributed by atoms with Crippen molar-refractivity contribution in [2.75, 3.05) is 26.3 Å². The number of rotatable bonds is 5. The maximum atomic E-state index is 11.9. The Morgan fingerprint density at radius 3 is 2.71 bits per heavy atom. The van der Waals surface area contributed by atoms with Gasteiger partial charge in [-0.3, -0.25) is 19.4 Å². The molecule has 2 N–H and O–H groups in total. The summed E-state index contributed by atoms with van der Waals surface area (Å²) >= 11 is 0. The number of hydrogen-bond donors (Lipinski definition) is 1. The summed E-state index contributed by atoms with van der Waals surface area (Å²) in [6, 6.07) is 8.68. The van der Waals surface area contributed by atoms with E-state index in [0.29, 0.717) is 11.7 Å². The van der Waals surface area contributed by atoms with Crippen LogP contribution >= 0.6 is 0 Å². The minimum absolute atomic E-state index is 0.348. The van der Waals surface area contributed by atoms with Crippen molar-refractivity contribution < 1.29 is 9.53 Å². The molecule has 3 aromatic rings. The maximum absolute atomic E-state index is 11.9. The highest BCUT2D eigenvalue weighted by Gasteiger charge is 2.28. The maximum Gasteiger partial charge on any atom is 0.269 e. The Bertz CT molecular complexity index is 1030. The Kier molecular flexibility index (Phi) is 4.33. The lowest BCUT2D eigenvalue weighted by Gasteiger charge is -2.26. The predicted molar refractivity (Wildman–Crippen MR) is 106 cm³/mol. The standard InChI is InChI=1S/C21H23N5O2/c22-21(27)20-18-10-15(1-4-19(18)26(24-20)17-2-3-17)16-9-14(11-23-12-16)13-25-5-7-28-8-6-25/h1,4,9-12,17H,2-3,5-8,13H2,(H2,22,27). The van der Waals surface area contributed by atoms with Crippen LogP contribution in [0.25, 0.3) is 22.0 Å². The lowest BCUT2D eigenvalue weighted by molar-refractivity contribution is 0.0341. The number of ether oxygens (including phenoxy) is 1. The van der Waals surface area contributed by atoms with Gasteiger partial charge in [-0.15, -0.1) is 0 Å². The summed E-state index contributed by atoms with van der Waals surface area (Å²) in [4.78, 5) is 18.7. The van der Waals surface area contributed by atoms with Crippen LogP contribution in [-0.2, 0) is 11.3 Å². The smallest absolute Gasteiger partial charge is 0.269 e. The molecule has 0 spiro atoms. The minimum atomic E-state index is -0.485. The summed E-state index contributed by atoms with van der Waals surface area (Å²) < 4.78 is 7.37. The van der Waals surface area contributed by atoms with Crippen molar-refractivity contribution in [1.82, 2.24) is 19.7 Å². The first-order chi connectivity index (χ1) is 13.7. The average molecular weight is 377 g/mol. The Morgan fingerprint density at radius 2 is 1.96 bits per heavy atom. The van der Waals surface area contributed by atoms with Crippen LogP contribution in [0.1, 0.15) is 34.9 Å². The van der Waals surface area contributed by atoms with E-state index in [2.05, 4.69) is 27.1 Å². The molecule has 7 heteroatoms. The van der Waals surface area contributed by atoms with Crippen molar-refractivity contribution >= 4 is 16.8 Å². The van der Waals surface area contributed by atoms with Crippen molar-refractivity contribution in [3.63, 3.8) is 0 Å². The summed E-state index contributed by atoms with van der Waals surface area (Å²) in [5.74, 6) is -0.485. The van der Waals surface area contributed by atoms with Crippen LogP contribution in [0.4, 0.5) is 0 Å². The van der Waals surface area contributed by atoms with E-state index in [4.69, 9.17) is 10.5 Å². The highest BCUT2D eigenvalue weighted by molar-refractivity contribution is 6.05. The second kappa shape index (κ2) is 7.00. The number of aromatic nitrogens is 3. The summed E-state index contributed by atoms with van der Waals surface area (Å²) in [6.07, 6.45) is 5.98. The van der Waals surface area contributed by atoms with Gasteiger partial charge in [0.1, 0.15) is 0 Å². The number of morpholine rings is 1. The van der Waals surface area contributed by atoms with Gasteiger partial charge in [0.25, 0.3) is 5.91 Å². The number of primary amides is 1. The van der Waals surface area contributed by atoms with Crippen LogP contribution in [0, 0.1) is 0 Å². The molecule has 2 aromatic heterocycles. The molecule has 3 heterocycles. The molecule has 5 rings (SSSR count). The molecule has 1 aliphatic carbocycles. The van der Waals surface area contributed by atoms with E-state index in [9.17, 15) is 4.79 Å². The number of nitrogens with zero attached hydrogens (tertiary/aromatic N) is 4. The van der Waals surface area contributed by atoms with Crippen LogP contribution < -0.4 is 5.73 Å². The van der Waals surface area contributed by atoms with E-state index >= 15 is 0 Å². The SMILES string of the molecule is NC(=O)c1nn(C2CC2)c2ccc(-c3cncc(CN4CCOCC4)c3)cc12. The van der Waals surface area contributed by atoms with Crippen molar-refractivity contribution in [3.05, 3.63) is 47.9 Å². The first kappa shape index (κ1) is 17.3. The molecule has 28 heavy (non-hydrogen) atoms. The summed E-state index contributed by atoms with van der Waals surface area (Å²) in [5, 5.41) is 5.30. The molecule has 0 unspecified atom stereocenters. The number of hydrogen-bond acceptors (Lipinski definition) is 5. The van der Waals surface area contributed by atoms with Gasteiger partial charge in [0, 0.05) is 43.0 Å². The molecule has 0 atom stereocenters. The zero-order valence-electron chi connectivity index (χ0n) is 15.7. The summed E-state index contributed by atoms with van der Waals surface area (Å²) in [6.45, 7) is 4.31. The number of pyridine rings is 1. The normalized spacial score (nSPS) is 17.9. The Hall–Kier alpha value is -2.77. The van der Waals surface area contributed by atoms with Gasteiger partial charge in [0.2, 0.25) is 0 Å². The molecule has 2 fully saturated rings. The van der Waals surface area contributed by atoms with Gasteiger partial charge < -0.3 is 10.5 Å². The zero-order chi connectivity index (χ0) is 19.1. The first-order valence-electron chi connectivity index (χ1n) is 9.75. The minimum Gasteiger partial charge on any atom is -0.379 e. The van der Waals surface area contributed by atoms with Gasteiger partial charge in [0.15, 0.2) is 5.69 Å². The first-order valence-corrected chi connectivity index (χ1v) is 9.75. The van der Waals surface area contributed by atoms with Gasteiger partial charge in [-0.05, 0) is 42.2 Å². The van der Waals surface area contributed by atoms with Crippen LogP contribution in [-0.4, -0.2) is 51.9 Å². The third kappa shape index (κ3) is 3.27. The Morgan fingerprint density at radius 1 is 1.14 bits per heavy atom. The van der Waals surface area contributed by atoms with Crippen LogP contribution in [0.15, 0.2) is 36.7 Å². The van der Waals surface area contributed by atoms with E-state index in [1.807, 2.05) is 29.2 Å². The fourth-order valence-corrected chi connectivity index (χ4v) is 3.85. The van der Waals surface area contributed by atoms with Gasteiger partial charge in [-0.2, -0.15) is 5.10 Å². The predicted octanol–water partition coefficient (Wildman–Crippen LogP) is 2.36. The third-order valence-corrected chi connectivity index (χ3v) is 5.47. The van der Waals surface area contributed by atoms with Crippen molar-refractivity contribution in [3.8, 4) is 11.1 Å². The molecule has 2 aliphatic rings. The van der Waals surface area contributed by atoms with E-state index < -0.39 is 5.91 Å². The average Bonchev–Trinajstić information content (AvgIpc) is 3.48. The highest BCUT2D eigenvalue weighted by atomic mass is 16.5. The number of amides is 1. The fraction of sp³-hybridized carbons (Fsp3) is 0.381. The fourth-order valence-electron chi connectivity index (χ4n) is 3.85. The molecule has 0 bridgehead atoms. The molecule has 1 saturated carbocycles. The molecule has 144 valence electrons. The van der Waals surface area contributed by atoms with Crippen molar-refractivity contribution in [2.45, 2.75) is 25.4 Å². The number of carbonyl (C=O) groups excluding carboxylic acids is 1. The largest absolute Gasteiger partial charge is 0.379 e. The number of nitrogens with two attached hydrogens (primary N) is 1. The number of fused-ring (bicyclic) bond motifs is 1. The van der Waals surface area contributed by atoms with Crippen LogP contribution in [0.5, 0.6) is 0 Å². The second-order valence-electron chi connectivity index (χ2n) is 7.59. The lowest BCUT2D eigenvalue weighted by atomic mass is 10.0. The molecule has 1 saturated heterocycles. The van der Waals surface area contributed by atoms with Gasteiger partial charge in [0.05, 0.1) is 24.8 Å². The van der Waals surface area contributed by atoms with Crippen LogP contribution in [0.2, 0.25) is 0 Å². The Balaban J connectivity index is 1.49. The summed E-state index contributed by atoms with van der Waals surface area (Å²) in [7, 11) is 0. The van der Waals surface area contributed by atoms with Gasteiger partial charge in [-0.1, -0.05) is 6.07 Å². The molecule has 1 amide bonds. The quantitative estimate of drug-likeness (QED) is 0.738. The molecule has 1 aromatic carbocycles. The van der Waals surface area contributed by atoms with E-state index in [1.165, 1.54) is 5.56 Å². The number of carbonyl (C=O) groups is 1. The topological polar surface area (TPSA) is 86.3 Å². The molecular formula is C21H23N5O2. The lowest BCUT2D eigenvalue weighted by Crippen LogP contribution is -2.35. The second-order valence-corrected chi connectivity index (χ2v) is 7.59. The van der Waals surface area contributed by atoms with Crippen molar-refractivity contribution in [1.29, 1.82) is 0 Å². The van der Waals surface area contributed by atoms with E-state index in [0.717, 1.165) is 67.7 Å². The van der Waals surface area contributed by atoms with E-state index in [1.54, 1.807) is 0 Å². The molecular weight excluding hydrogens is 354 g/mol. The molecule has 1 aliphatic heterocycles. The van der Waals surface area contributed by atoms with Gasteiger partial charge in [-0.25, -0.2) is 0 Å². The third-order valence-electron chi connectivity index (χ3n) is 5.47. The molecule has 7 nitrogen and oxygen atoms in total. The van der Waals surface area contributed by atoms with Crippen LogP contribution in [0.3, 0.4) is 0 Å². The highest BCUT2D eigenvalue weighted by Crippen LogP contribution is 2.38. The molecule has 0 radical (unpaired) electrons. The Labute approximate surface area is 163 Å². The van der Waals surface area contributed by atoms with Gasteiger partial charge >= 0.3 is 0 Å². The zero-order valence-corrected chi connectivity index (χ0v) is 15.7. The monoisotopic (exact) mass is 377 g/mol. The van der Waals surface area contributed by atoms with Crippen molar-refractivity contribution in [2.24, 2.45) is 5.73 Å². The summed E-state index contributed by atoms with van der Waals surface area (Å²) in [5.41, 5.74) is 10.1. The van der Waals surface area contributed by atoms with E-state index in [-0.39, 0.29) is 0 Å². The number of benzene rings is 1.